The zero-order valence-electron chi connectivity index (χ0n) is 17.2. The zero-order valence-corrected chi connectivity index (χ0v) is 18.0. The van der Waals surface area contributed by atoms with Crippen LogP contribution in [0.15, 0.2) is 24.3 Å². The van der Waals surface area contributed by atoms with Gasteiger partial charge in [-0.05, 0) is 30.2 Å². The molecule has 1 heterocycles. The van der Waals surface area contributed by atoms with Crippen LogP contribution in [0.25, 0.3) is 10.6 Å². The van der Waals surface area contributed by atoms with Gasteiger partial charge in [0.05, 0.1) is 0 Å². The first kappa shape index (κ1) is 21.6. The largest absolute Gasteiger partial charge is 0.378 e. The van der Waals surface area contributed by atoms with E-state index in [2.05, 4.69) is 20.8 Å². The fourth-order valence-electron chi connectivity index (χ4n) is 2.44. The highest BCUT2D eigenvalue weighted by molar-refractivity contribution is 7.18. The third kappa shape index (κ3) is 5.41. The van der Waals surface area contributed by atoms with E-state index in [0.717, 1.165) is 22.7 Å². The monoisotopic (exact) mass is 404 g/mol. The Kier molecular flexibility index (Phi) is 7.33. The Bertz CT molecular complexity index is 803. The summed E-state index contributed by atoms with van der Waals surface area (Å²) < 4.78 is 0. The van der Waals surface area contributed by atoms with Gasteiger partial charge < -0.3 is 15.1 Å². The fourth-order valence-corrected chi connectivity index (χ4v) is 3.19. The predicted molar refractivity (Wildman–Crippen MR) is 114 cm³/mol. The number of carbonyl (C=O) groups is 2. The molecule has 0 aliphatic heterocycles. The highest BCUT2D eigenvalue weighted by Crippen LogP contribution is 2.28. The van der Waals surface area contributed by atoms with Crippen LogP contribution in [0.4, 0.5) is 15.6 Å². The second-order valence-corrected chi connectivity index (χ2v) is 8.03. The topological polar surface area (TPSA) is 90.5 Å². The third-order valence-corrected chi connectivity index (χ3v) is 5.35. The van der Waals surface area contributed by atoms with Crippen molar-refractivity contribution < 1.29 is 9.59 Å². The van der Waals surface area contributed by atoms with Crippen molar-refractivity contribution >= 4 is 34.1 Å². The van der Waals surface area contributed by atoms with Crippen LogP contribution >= 0.6 is 11.3 Å². The molecule has 0 bridgehead atoms. The van der Waals surface area contributed by atoms with Crippen molar-refractivity contribution in [2.24, 2.45) is 5.92 Å². The van der Waals surface area contributed by atoms with E-state index in [1.54, 1.807) is 14.1 Å². The van der Waals surface area contributed by atoms with Gasteiger partial charge in [-0.15, -0.1) is 10.2 Å². The molecule has 0 aliphatic carbocycles. The maximum atomic E-state index is 12.7. The lowest BCUT2D eigenvalue weighted by Crippen LogP contribution is -2.50. The van der Waals surface area contributed by atoms with Crippen LogP contribution in [0.1, 0.15) is 20.3 Å². The molecular formula is C19H28N6O2S. The third-order valence-electron chi connectivity index (χ3n) is 4.47. The van der Waals surface area contributed by atoms with Gasteiger partial charge in [0.1, 0.15) is 11.0 Å². The van der Waals surface area contributed by atoms with Crippen molar-refractivity contribution in [3.8, 4) is 10.6 Å². The Balaban J connectivity index is 2.11. The molecule has 2 rings (SSSR count). The molecule has 0 aliphatic rings. The first-order chi connectivity index (χ1) is 13.2. The molecule has 0 spiro atoms. The van der Waals surface area contributed by atoms with E-state index in [9.17, 15) is 9.59 Å². The first-order valence-corrected chi connectivity index (χ1v) is 9.94. The Morgan fingerprint density at radius 1 is 1.11 bits per heavy atom. The quantitative estimate of drug-likeness (QED) is 0.740. The van der Waals surface area contributed by atoms with E-state index in [1.165, 1.54) is 16.2 Å². The number of carbonyl (C=O) groups excluding carboxylic acids is 2. The Labute approximate surface area is 169 Å². The second kappa shape index (κ2) is 9.50. The maximum absolute atomic E-state index is 12.7. The SMILES string of the molecule is CC[C@@H](C)[C@H](NC(=O)N(C)C)C(=O)Nc1nnc(-c2ccc(N(C)C)cc2)s1. The van der Waals surface area contributed by atoms with E-state index >= 15 is 0 Å². The number of rotatable bonds is 7. The molecule has 0 saturated carbocycles. The maximum Gasteiger partial charge on any atom is 0.317 e. The summed E-state index contributed by atoms with van der Waals surface area (Å²) in [6.45, 7) is 3.91. The summed E-state index contributed by atoms with van der Waals surface area (Å²) in [4.78, 5) is 28.2. The van der Waals surface area contributed by atoms with Gasteiger partial charge in [-0.1, -0.05) is 31.6 Å². The van der Waals surface area contributed by atoms with Crippen LogP contribution in [-0.4, -0.2) is 61.3 Å². The van der Waals surface area contributed by atoms with Crippen LogP contribution < -0.4 is 15.5 Å². The fraction of sp³-hybridized carbons (Fsp3) is 0.474. The molecule has 0 radical (unpaired) electrons. The second-order valence-electron chi connectivity index (χ2n) is 7.05. The van der Waals surface area contributed by atoms with Gasteiger partial charge in [0.15, 0.2) is 0 Å². The number of nitrogens with one attached hydrogen (secondary N) is 2. The minimum Gasteiger partial charge on any atom is -0.378 e. The van der Waals surface area contributed by atoms with Gasteiger partial charge in [0, 0.05) is 39.4 Å². The molecule has 0 unspecified atom stereocenters. The van der Waals surface area contributed by atoms with Gasteiger partial charge in [0.2, 0.25) is 11.0 Å². The molecule has 1 aromatic carbocycles. The lowest BCUT2D eigenvalue weighted by Gasteiger charge is -2.24. The summed E-state index contributed by atoms with van der Waals surface area (Å²) in [5, 5.41) is 14.9. The Morgan fingerprint density at radius 2 is 1.75 bits per heavy atom. The average Bonchev–Trinajstić information content (AvgIpc) is 3.13. The first-order valence-electron chi connectivity index (χ1n) is 9.12. The number of anilines is 2. The molecule has 152 valence electrons. The summed E-state index contributed by atoms with van der Waals surface area (Å²) in [5.74, 6) is -0.315. The number of nitrogens with zero attached hydrogens (tertiary/aromatic N) is 4. The van der Waals surface area contributed by atoms with Crippen molar-refractivity contribution in [3.63, 3.8) is 0 Å². The van der Waals surface area contributed by atoms with E-state index in [1.807, 2.05) is 57.1 Å². The van der Waals surface area contributed by atoms with Gasteiger partial charge in [0.25, 0.3) is 0 Å². The predicted octanol–water partition coefficient (Wildman–Crippen LogP) is 2.90. The van der Waals surface area contributed by atoms with Crippen LogP contribution in [0, 0.1) is 5.92 Å². The van der Waals surface area contributed by atoms with Crippen molar-refractivity contribution in [1.82, 2.24) is 20.4 Å². The van der Waals surface area contributed by atoms with E-state index < -0.39 is 6.04 Å². The van der Waals surface area contributed by atoms with Gasteiger partial charge in [-0.25, -0.2) is 4.79 Å². The summed E-state index contributed by atoms with van der Waals surface area (Å²) in [6.07, 6.45) is 0.755. The number of hydrogen-bond acceptors (Lipinski definition) is 6. The Hall–Kier alpha value is -2.68. The van der Waals surface area contributed by atoms with Crippen LogP contribution in [-0.2, 0) is 4.79 Å². The number of amides is 3. The highest BCUT2D eigenvalue weighted by Gasteiger charge is 2.27. The standard InChI is InChI=1S/C19H28N6O2S/c1-7-12(2)15(20-19(27)25(5)6)16(26)21-18-23-22-17(28-18)13-8-10-14(11-9-13)24(3)4/h8-12,15H,7H2,1-6H3,(H,20,27)(H,21,23,26)/t12-,15+/m1/s1. The molecule has 3 amide bonds. The zero-order chi connectivity index (χ0) is 20.8. The van der Waals surface area contributed by atoms with Gasteiger partial charge in [-0.3, -0.25) is 10.1 Å². The van der Waals surface area contributed by atoms with Crippen LogP contribution in [0.5, 0.6) is 0 Å². The Morgan fingerprint density at radius 3 is 2.29 bits per heavy atom. The van der Waals surface area contributed by atoms with Crippen molar-refractivity contribution in [2.75, 3.05) is 38.4 Å². The number of hydrogen-bond donors (Lipinski definition) is 2. The number of urea groups is 1. The van der Waals surface area contributed by atoms with Crippen LogP contribution in [0.3, 0.4) is 0 Å². The summed E-state index contributed by atoms with van der Waals surface area (Å²) in [5.41, 5.74) is 2.03. The highest BCUT2D eigenvalue weighted by atomic mass is 32.1. The summed E-state index contributed by atoms with van der Waals surface area (Å²) >= 11 is 1.30. The smallest absolute Gasteiger partial charge is 0.317 e. The average molecular weight is 405 g/mol. The molecule has 8 nitrogen and oxygen atoms in total. The van der Waals surface area contributed by atoms with Crippen molar-refractivity contribution in [1.29, 1.82) is 0 Å². The molecule has 28 heavy (non-hydrogen) atoms. The molecule has 0 saturated heterocycles. The number of benzene rings is 1. The lowest BCUT2D eigenvalue weighted by atomic mass is 9.98. The molecule has 2 N–H and O–H groups in total. The molecule has 2 aromatic rings. The van der Waals surface area contributed by atoms with Crippen molar-refractivity contribution in [3.05, 3.63) is 24.3 Å². The van der Waals surface area contributed by atoms with Crippen LogP contribution in [0.2, 0.25) is 0 Å². The summed E-state index contributed by atoms with van der Waals surface area (Å²) in [7, 11) is 7.24. The van der Waals surface area contributed by atoms with Gasteiger partial charge in [-0.2, -0.15) is 0 Å². The number of aromatic nitrogens is 2. The normalized spacial score (nSPS) is 12.8. The molecule has 1 aromatic heterocycles. The van der Waals surface area contributed by atoms with Gasteiger partial charge >= 0.3 is 6.03 Å². The van der Waals surface area contributed by atoms with E-state index in [4.69, 9.17) is 0 Å². The van der Waals surface area contributed by atoms with E-state index in [0.29, 0.717) is 5.13 Å². The van der Waals surface area contributed by atoms with E-state index in [-0.39, 0.29) is 17.9 Å². The summed E-state index contributed by atoms with van der Waals surface area (Å²) in [6, 6.07) is 7.00. The minimum absolute atomic E-state index is 0.0186. The lowest BCUT2D eigenvalue weighted by molar-refractivity contribution is -0.119. The van der Waals surface area contributed by atoms with Crippen molar-refractivity contribution in [2.45, 2.75) is 26.3 Å². The molecule has 0 fully saturated rings. The minimum atomic E-state index is -0.647. The molecular weight excluding hydrogens is 376 g/mol. The molecule has 9 heteroatoms. The molecule has 2 atom stereocenters.